The van der Waals surface area contributed by atoms with E-state index in [1.807, 2.05) is 12.1 Å². The highest BCUT2D eigenvalue weighted by Gasteiger charge is 2.11. The largest absolute Gasteiger partial charge is 0.481 e. The maximum absolute atomic E-state index is 8.59. The Morgan fingerprint density at radius 2 is 2.26 bits per heavy atom. The van der Waals surface area contributed by atoms with Crippen molar-refractivity contribution in [2.45, 2.75) is 20.3 Å². The Hall–Kier alpha value is -1.98. The van der Waals surface area contributed by atoms with Gasteiger partial charge in [0.15, 0.2) is 0 Å². The number of rotatable bonds is 7. The highest BCUT2D eigenvalue weighted by Crippen LogP contribution is 2.17. The van der Waals surface area contributed by atoms with Crippen LogP contribution in [0.4, 0.5) is 5.82 Å². The Labute approximate surface area is 113 Å². The first-order chi connectivity index (χ1) is 9.06. The van der Waals surface area contributed by atoms with Gasteiger partial charge in [-0.2, -0.15) is 4.98 Å². The van der Waals surface area contributed by atoms with E-state index in [1.165, 1.54) is 0 Å². The SMILES string of the molecule is COc1cccc(N(CCC(N)=NO)CC(C)C)n1. The minimum Gasteiger partial charge on any atom is -0.481 e. The monoisotopic (exact) mass is 266 g/mol. The number of methoxy groups -OCH3 is 1. The molecule has 1 aromatic heterocycles. The zero-order valence-corrected chi connectivity index (χ0v) is 11.7. The van der Waals surface area contributed by atoms with E-state index >= 15 is 0 Å². The minimum atomic E-state index is 0.219. The van der Waals surface area contributed by atoms with Crippen LogP contribution in [-0.4, -0.2) is 36.2 Å². The van der Waals surface area contributed by atoms with E-state index in [1.54, 1.807) is 13.2 Å². The van der Waals surface area contributed by atoms with E-state index in [9.17, 15) is 0 Å². The normalized spacial score (nSPS) is 11.7. The molecule has 0 unspecified atom stereocenters. The van der Waals surface area contributed by atoms with Crippen molar-refractivity contribution in [3.63, 3.8) is 0 Å². The van der Waals surface area contributed by atoms with Crippen LogP contribution < -0.4 is 15.4 Å². The molecule has 0 aliphatic heterocycles. The Bertz CT molecular complexity index is 421. The van der Waals surface area contributed by atoms with Gasteiger partial charge in [0.25, 0.3) is 0 Å². The Balaban J connectivity index is 2.82. The molecule has 0 radical (unpaired) electrons. The number of ether oxygens (including phenoxy) is 1. The number of aromatic nitrogens is 1. The predicted molar refractivity (Wildman–Crippen MR) is 75.9 cm³/mol. The molecule has 6 nitrogen and oxygen atoms in total. The van der Waals surface area contributed by atoms with E-state index in [4.69, 9.17) is 15.7 Å². The molecule has 0 aromatic carbocycles. The zero-order chi connectivity index (χ0) is 14.3. The standard InChI is InChI=1S/C13H22N4O2/c1-10(2)9-17(8-7-11(14)16-18)12-5-4-6-13(15-12)19-3/h4-6,10,18H,7-9H2,1-3H3,(H2,14,16). The van der Waals surface area contributed by atoms with Gasteiger partial charge in [-0.15, -0.1) is 0 Å². The van der Waals surface area contributed by atoms with Gasteiger partial charge in [-0.25, -0.2) is 0 Å². The van der Waals surface area contributed by atoms with E-state index in [0.29, 0.717) is 24.8 Å². The third kappa shape index (κ3) is 5.03. The summed E-state index contributed by atoms with van der Waals surface area (Å²) in [6.07, 6.45) is 0.488. The van der Waals surface area contributed by atoms with Crippen LogP contribution in [0.15, 0.2) is 23.4 Å². The Morgan fingerprint density at radius 1 is 1.53 bits per heavy atom. The van der Waals surface area contributed by atoms with Crippen molar-refractivity contribution >= 4 is 11.7 Å². The topological polar surface area (TPSA) is 84.0 Å². The van der Waals surface area contributed by atoms with Crippen LogP contribution in [0.5, 0.6) is 5.88 Å². The molecule has 1 aromatic rings. The van der Waals surface area contributed by atoms with Crippen LogP contribution in [0.2, 0.25) is 0 Å². The van der Waals surface area contributed by atoms with Crippen molar-refractivity contribution in [1.82, 2.24) is 4.98 Å². The van der Waals surface area contributed by atoms with Crippen LogP contribution in [0.25, 0.3) is 0 Å². The van der Waals surface area contributed by atoms with Crippen LogP contribution in [0.1, 0.15) is 20.3 Å². The van der Waals surface area contributed by atoms with Crippen molar-refractivity contribution in [3.05, 3.63) is 18.2 Å². The molecule has 0 amide bonds. The number of hydrogen-bond donors (Lipinski definition) is 2. The summed E-state index contributed by atoms with van der Waals surface area (Å²) >= 11 is 0. The number of pyridine rings is 1. The predicted octanol–water partition coefficient (Wildman–Crippen LogP) is 1.69. The Kier molecular flexibility index (Phi) is 5.92. The maximum Gasteiger partial charge on any atom is 0.214 e. The molecule has 0 spiro atoms. The number of amidine groups is 1. The molecule has 19 heavy (non-hydrogen) atoms. The molecule has 0 fully saturated rings. The lowest BCUT2D eigenvalue weighted by Crippen LogP contribution is -2.32. The molecule has 0 saturated carbocycles. The zero-order valence-electron chi connectivity index (χ0n) is 11.7. The number of nitrogens with two attached hydrogens (primary N) is 1. The molecule has 3 N–H and O–H groups in total. The fourth-order valence-corrected chi connectivity index (χ4v) is 1.73. The van der Waals surface area contributed by atoms with Crippen LogP contribution >= 0.6 is 0 Å². The van der Waals surface area contributed by atoms with E-state index < -0.39 is 0 Å². The molecule has 0 aliphatic carbocycles. The minimum absolute atomic E-state index is 0.219. The summed E-state index contributed by atoms with van der Waals surface area (Å²) in [5, 5.41) is 11.6. The second-order valence-corrected chi connectivity index (χ2v) is 4.72. The van der Waals surface area contributed by atoms with Gasteiger partial charge in [0.05, 0.1) is 7.11 Å². The molecular weight excluding hydrogens is 244 g/mol. The van der Waals surface area contributed by atoms with Crippen LogP contribution in [0.3, 0.4) is 0 Å². The summed E-state index contributed by atoms with van der Waals surface area (Å²) in [5.74, 6) is 2.12. The van der Waals surface area contributed by atoms with Gasteiger partial charge in [0.1, 0.15) is 11.7 Å². The molecule has 0 atom stereocenters. The second-order valence-electron chi connectivity index (χ2n) is 4.72. The molecule has 0 aliphatic rings. The highest BCUT2D eigenvalue weighted by atomic mass is 16.5. The van der Waals surface area contributed by atoms with Gasteiger partial charge in [-0.3, -0.25) is 0 Å². The summed E-state index contributed by atoms with van der Waals surface area (Å²) in [4.78, 5) is 6.51. The second kappa shape index (κ2) is 7.45. The lowest BCUT2D eigenvalue weighted by Gasteiger charge is -2.25. The first-order valence-corrected chi connectivity index (χ1v) is 6.29. The third-order valence-corrected chi connectivity index (χ3v) is 2.59. The first-order valence-electron chi connectivity index (χ1n) is 6.29. The summed E-state index contributed by atoms with van der Waals surface area (Å²) in [5.41, 5.74) is 5.51. The van der Waals surface area contributed by atoms with Gasteiger partial charge in [0.2, 0.25) is 5.88 Å². The van der Waals surface area contributed by atoms with Crippen molar-refractivity contribution in [2.75, 3.05) is 25.1 Å². The maximum atomic E-state index is 8.59. The number of anilines is 1. The average molecular weight is 266 g/mol. The highest BCUT2D eigenvalue weighted by molar-refractivity contribution is 5.80. The molecule has 106 valence electrons. The van der Waals surface area contributed by atoms with Crippen LogP contribution in [-0.2, 0) is 0 Å². The quantitative estimate of drug-likeness (QED) is 0.339. The molecule has 0 bridgehead atoms. The van der Waals surface area contributed by atoms with Crippen molar-refractivity contribution in [1.29, 1.82) is 0 Å². The fourth-order valence-electron chi connectivity index (χ4n) is 1.73. The van der Waals surface area contributed by atoms with Gasteiger partial charge in [-0.05, 0) is 12.0 Å². The summed E-state index contributed by atoms with van der Waals surface area (Å²) in [6, 6.07) is 5.63. The smallest absolute Gasteiger partial charge is 0.214 e. The van der Waals surface area contributed by atoms with Crippen LogP contribution in [0, 0.1) is 5.92 Å². The number of nitrogens with zero attached hydrogens (tertiary/aromatic N) is 3. The lowest BCUT2D eigenvalue weighted by atomic mass is 10.2. The van der Waals surface area contributed by atoms with E-state index in [0.717, 1.165) is 12.4 Å². The molecular formula is C13H22N4O2. The third-order valence-electron chi connectivity index (χ3n) is 2.59. The molecule has 1 rings (SSSR count). The van der Waals surface area contributed by atoms with Gasteiger partial charge < -0.3 is 20.6 Å². The average Bonchev–Trinajstić information content (AvgIpc) is 2.42. The molecule has 0 saturated heterocycles. The van der Waals surface area contributed by atoms with E-state index in [-0.39, 0.29) is 5.84 Å². The van der Waals surface area contributed by atoms with Gasteiger partial charge >= 0.3 is 0 Å². The Morgan fingerprint density at radius 3 is 2.84 bits per heavy atom. The fraction of sp³-hybridized carbons (Fsp3) is 0.538. The van der Waals surface area contributed by atoms with E-state index in [2.05, 4.69) is 28.9 Å². The van der Waals surface area contributed by atoms with Crippen molar-refractivity contribution in [3.8, 4) is 5.88 Å². The number of oxime groups is 1. The summed E-state index contributed by atoms with van der Waals surface area (Å²) in [6.45, 7) is 5.76. The lowest BCUT2D eigenvalue weighted by molar-refractivity contribution is 0.317. The summed E-state index contributed by atoms with van der Waals surface area (Å²) < 4.78 is 5.13. The van der Waals surface area contributed by atoms with Crippen molar-refractivity contribution < 1.29 is 9.94 Å². The first kappa shape index (κ1) is 15.1. The molecule has 1 heterocycles. The number of hydrogen-bond acceptors (Lipinski definition) is 5. The molecule has 6 heteroatoms. The van der Waals surface area contributed by atoms with Gasteiger partial charge in [-0.1, -0.05) is 25.1 Å². The summed E-state index contributed by atoms with van der Waals surface area (Å²) in [7, 11) is 1.59. The van der Waals surface area contributed by atoms with Gasteiger partial charge in [0, 0.05) is 25.6 Å². The van der Waals surface area contributed by atoms with Crippen molar-refractivity contribution in [2.24, 2.45) is 16.8 Å².